The normalized spacial score (nSPS) is 10.8. The van der Waals surface area contributed by atoms with Crippen molar-refractivity contribution in [1.82, 2.24) is 10.2 Å². The van der Waals surface area contributed by atoms with Gasteiger partial charge in [-0.1, -0.05) is 18.2 Å². The van der Waals surface area contributed by atoms with E-state index >= 15 is 0 Å². The fourth-order valence-corrected chi connectivity index (χ4v) is 2.30. The van der Waals surface area contributed by atoms with E-state index in [1.54, 1.807) is 25.3 Å². The van der Waals surface area contributed by atoms with Crippen LogP contribution in [0.25, 0.3) is 17.5 Å². The van der Waals surface area contributed by atoms with Crippen molar-refractivity contribution >= 4 is 17.7 Å². The van der Waals surface area contributed by atoms with Crippen molar-refractivity contribution in [2.45, 2.75) is 6.61 Å². The maximum Gasteiger partial charge on any atom is 0.331 e. The number of ether oxygens (including phenoxy) is 2. The molecule has 3 aromatic rings. The smallest absolute Gasteiger partial charge is 0.331 e. The SMILES string of the molecule is COc1ccccc1/C=C/C(=O)OCc1nnc(-c2ccc([N+](=O)[O-])cc2)o1. The number of esters is 1. The zero-order chi connectivity index (χ0) is 19.9. The molecule has 0 amide bonds. The number of nitro benzene ring substituents is 1. The molecule has 0 aliphatic heterocycles. The summed E-state index contributed by atoms with van der Waals surface area (Å²) < 4.78 is 15.7. The van der Waals surface area contributed by atoms with Gasteiger partial charge in [0.05, 0.1) is 12.0 Å². The van der Waals surface area contributed by atoms with Crippen molar-refractivity contribution in [3.05, 3.63) is 76.2 Å². The first kappa shape index (κ1) is 18.8. The number of methoxy groups -OCH3 is 1. The zero-order valence-corrected chi connectivity index (χ0v) is 14.8. The van der Waals surface area contributed by atoms with Crippen molar-refractivity contribution in [2.75, 3.05) is 7.11 Å². The Morgan fingerprint density at radius 2 is 1.93 bits per heavy atom. The standard InChI is InChI=1S/C19H15N3O6/c1-26-16-5-3-2-4-13(16)8-11-18(23)27-12-17-20-21-19(28-17)14-6-9-15(10-7-14)22(24)25/h2-11H,12H2,1H3/b11-8+. The molecule has 9 nitrogen and oxygen atoms in total. The second kappa shape index (κ2) is 8.58. The highest BCUT2D eigenvalue weighted by Gasteiger charge is 2.12. The third-order valence-electron chi connectivity index (χ3n) is 3.67. The van der Waals surface area contributed by atoms with Crippen molar-refractivity contribution in [3.8, 4) is 17.2 Å². The monoisotopic (exact) mass is 381 g/mol. The van der Waals surface area contributed by atoms with E-state index in [4.69, 9.17) is 13.9 Å². The van der Waals surface area contributed by atoms with Gasteiger partial charge in [-0.2, -0.15) is 0 Å². The minimum Gasteiger partial charge on any atom is -0.496 e. The Kier molecular flexibility index (Phi) is 5.75. The van der Waals surface area contributed by atoms with Crippen LogP contribution in [0.5, 0.6) is 5.75 Å². The number of nitrogens with zero attached hydrogens (tertiary/aromatic N) is 3. The zero-order valence-electron chi connectivity index (χ0n) is 14.8. The molecular weight excluding hydrogens is 366 g/mol. The molecule has 0 unspecified atom stereocenters. The minimum absolute atomic E-state index is 0.0424. The van der Waals surface area contributed by atoms with Gasteiger partial charge >= 0.3 is 5.97 Å². The highest BCUT2D eigenvalue weighted by atomic mass is 16.6. The maximum absolute atomic E-state index is 11.9. The average Bonchev–Trinajstić information content (AvgIpc) is 3.20. The number of para-hydroxylation sites is 1. The first-order valence-electron chi connectivity index (χ1n) is 8.12. The van der Waals surface area contributed by atoms with E-state index in [9.17, 15) is 14.9 Å². The Morgan fingerprint density at radius 1 is 1.18 bits per heavy atom. The number of carbonyl (C=O) groups is 1. The molecule has 142 valence electrons. The summed E-state index contributed by atoms with van der Waals surface area (Å²) in [6.45, 7) is -0.199. The van der Waals surface area contributed by atoms with Crippen LogP contribution < -0.4 is 4.74 Å². The topological polar surface area (TPSA) is 118 Å². The number of hydrogen-bond acceptors (Lipinski definition) is 8. The van der Waals surface area contributed by atoms with Gasteiger partial charge in [0.25, 0.3) is 11.6 Å². The van der Waals surface area contributed by atoms with E-state index in [1.165, 1.54) is 30.3 Å². The van der Waals surface area contributed by atoms with E-state index in [1.807, 2.05) is 12.1 Å². The van der Waals surface area contributed by atoms with Gasteiger partial charge < -0.3 is 13.9 Å². The summed E-state index contributed by atoms with van der Waals surface area (Å²) >= 11 is 0. The van der Waals surface area contributed by atoms with E-state index in [-0.39, 0.29) is 24.1 Å². The van der Waals surface area contributed by atoms with Crippen LogP contribution in [0.3, 0.4) is 0 Å². The first-order valence-corrected chi connectivity index (χ1v) is 8.12. The molecule has 0 bridgehead atoms. The molecule has 0 spiro atoms. The molecule has 0 N–H and O–H groups in total. The summed E-state index contributed by atoms with van der Waals surface area (Å²) in [4.78, 5) is 22.0. The fraction of sp³-hybridized carbons (Fsp3) is 0.105. The van der Waals surface area contributed by atoms with Gasteiger partial charge in [0.2, 0.25) is 5.89 Å². The lowest BCUT2D eigenvalue weighted by Crippen LogP contribution is -2.01. The second-order valence-corrected chi connectivity index (χ2v) is 5.49. The summed E-state index contributed by atoms with van der Waals surface area (Å²) in [5, 5.41) is 18.3. The minimum atomic E-state index is -0.582. The van der Waals surface area contributed by atoms with E-state index in [0.717, 1.165) is 5.56 Å². The fourth-order valence-electron chi connectivity index (χ4n) is 2.30. The van der Waals surface area contributed by atoms with Crippen molar-refractivity contribution in [3.63, 3.8) is 0 Å². The van der Waals surface area contributed by atoms with Gasteiger partial charge in [-0.3, -0.25) is 10.1 Å². The van der Waals surface area contributed by atoms with Crippen LogP contribution in [-0.4, -0.2) is 28.2 Å². The highest BCUT2D eigenvalue weighted by Crippen LogP contribution is 2.21. The van der Waals surface area contributed by atoms with Crippen LogP contribution in [0.4, 0.5) is 5.69 Å². The third-order valence-corrected chi connectivity index (χ3v) is 3.67. The van der Waals surface area contributed by atoms with Gasteiger partial charge in [-0.25, -0.2) is 4.79 Å². The number of nitro groups is 1. The van der Waals surface area contributed by atoms with Gasteiger partial charge in [0, 0.05) is 29.3 Å². The number of aromatic nitrogens is 2. The molecule has 2 aromatic carbocycles. The van der Waals surface area contributed by atoms with Crippen LogP contribution in [-0.2, 0) is 16.1 Å². The molecule has 0 saturated heterocycles. The molecule has 0 aliphatic carbocycles. The number of rotatable bonds is 7. The average molecular weight is 381 g/mol. The van der Waals surface area contributed by atoms with Gasteiger partial charge in [-0.05, 0) is 24.3 Å². The van der Waals surface area contributed by atoms with Gasteiger partial charge in [0.15, 0.2) is 6.61 Å². The Hall–Kier alpha value is -4.01. The van der Waals surface area contributed by atoms with Gasteiger partial charge in [-0.15, -0.1) is 10.2 Å². The molecule has 0 atom stereocenters. The Labute approximate surface area is 159 Å². The molecule has 0 fully saturated rings. The van der Waals surface area contributed by atoms with Crippen molar-refractivity contribution in [2.24, 2.45) is 0 Å². The predicted molar refractivity (Wildman–Crippen MR) is 98.2 cm³/mol. The second-order valence-electron chi connectivity index (χ2n) is 5.49. The van der Waals surface area contributed by atoms with Crippen molar-refractivity contribution in [1.29, 1.82) is 0 Å². The van der Waals surface area contributed by atoms with E-state index in [2.05, 4.69) is 10.2 Å². The van der Waals surface area contributed by atoms with E-state index in [0.29, 0.717) is 11.3 Å². The molecule has 0 radical (unpaired) electrons. The third kappa shape index (κ3) is 4.58. The lowest BCUT2D eigenvalue weighted by atomic mass is 10.2. The van der Waals surface area contributed by atoms with E-state index < -0.39 is 10.9 Å². The van der Waals surface area contributed by atoms with Crippen LogP contribution in [0, 0.1) is 10.1 Å². The number of benzene rings is 2. The lowest BCUT2D eigenvalue weighted by molar-refractivity contribution is -0.384. The number of hydrogen-bond donors (Lipinski definition) is 0. The summed E-state index contributed by atoms with van der Waals surface area (Å²) in [5.74, 6) is 0.329. The molecule has 0 aliphatic rings. The first-order chi connectivity index (χ1) is 13.6. The summed E-state index contributed by atoms with van der Waals surface area (Å²) in [7, 11) is 1.54. The summed E-state index contributed by atoms with van der Waals surface area (Å²) in [5.41, 5.74) is 1.21. The predicted octanol–water partition coefficient (Wildman–Crippen LogP) is 3.41. The van der Waals surface area contributed by atoms with Crippen molar-refractivity contribution < 1.29 is 23.6 Å². The quantitative estimate of drug-likeness (QED) is 0.264. The van der Waals surface area contributed by atoms with Gasteiger partial charge in [0.1, 0.15) is 5.75 Å². The summed E-state index contributed by atoms with van der Waals surface area (Å²) in [6.07, 6.45) is 2.85. The molecule has 1 aromatic heterocycles. The number of carbonyl (C=O) groups excluding carboxylic acids is 1. The molecular formula is C19H15N3O6. The molecule has 9 heteroatoms. The molecule has 0 saturated carbocycles. The van der Waals surface area contributed by atoms with Crippen LogP contribution in [0.1, 0.15) is 11.5 Å². The highest BCUT2D eigenvalue weighted by molar-refractivity contribution is 5.87. The number of non-ortho nitro benzene ring substituents is 1. The van der Waals surface area contributed by atoms with Crippen LogP contribution in [0.2, 0.25) is 0 Å². The molecule has 3 rings (SSSR count). The molecule has 28 heavy (non-hydrogen) atoms. The Balaban J connectivity index is 1.58. The lowest BCUT2D eigenvalue weighted by Gasteiger charge is -2.03. The summed E-state index contributed by atoms with van der Waals surface area (Å²) in [6, 6.07) is 12.9. The van der Waals surface area contributed by atoms with Crippen LogP contribution >= 0.6 is 0 Å². The largest absolute Gasteiger partial charge is 0.496 e. The molecule has 1 heterocycles. The van der Waals surface area contributed by atoms with Crippen LogP contribution in [0.15, 0.2) is 59.0 Å². The Morgan fingerprint density at radius 3 is 2.64 bits per heavy atom. The maximum atomic E-state index is 11.9. The Bertz CT molecular complexity index is 1010.